The number of aromatic amines is 1. The van der Waals surface area contributed by atoms with Crippen LogP contribution >= 0.6 is 0 Å². The first kappa shape index (κ1) is 8.04. The summed E-state index contributed by atoms with van der Waals surface area (Å²) in [5.41, 5.74) is 1.78. The van der Waals surface area contributed by atoms with Gasteiger partial charge in [0.15, 0.2) is 5.78 Å². The van der Waals surface area contributed by atoms with E-state index in [1.165, 1.54) is 0 Å². The highest BCUT2D eigenvalue weighted by molar-refractivity contribution is 6.09. The first-order valence-corrected chi connectivity index (χ1v) is 4.19. The summed E-state index contributed by atoms with van der Waals surface area (Å²) in [6, 6.07) is 0. The van der Waals surface area contributed by atoms with Crippen LogP contribution in [-0.2, 0) is 0 Å². The Morgan fingerprint density at radius 1 is 1.38 bits per heavy atom. The average Bonchev–Trinajstić information content (AvgIpc) is 2.40. The zero-order valence-corrected chi connectivity index (χ0v) is 7.31. The highest BCUT2D eigenvalue weighted by atomic mass is 16.2. The molecule has 4 heteroatoms. The van der Waals surface area contributed by atoms with Gasteiger partial charge in [-0.1, -0.05) is 0 Å². The number of carbonyl (C=O) groups excluding carboxylic acids is 2. The third-order valence-corrected chi connectivity index (χ3v) is 2.22. The molecular weight excluding hydrogens is 168 g/mol. The Bertz CT molecular complexity index is 379. The number of hydrogen-bond acceptors (Lipinski definition) is 2. The largest absolute Gasteiger partial charge is 0.358 e. The van der Waals surface area contributed by atoms with Crippen LogP contribution in [0, 0.1) is 6.92 Å². The van der Waals surface area contributed by atoms with Crippen LogP contribution in [0.4, 0.5) is 0 Å². The van der Waals surface area contributed by atoms with Crippen molar-refractivity contribution in [2.24, 2.45) is 0 Å². The number of fused-ring (bicyclic) bond motifs is 1. The third-order valence-electron chi connectivity index (χ3n) is 2.22. The van der Waals surface area contributed by atoms with Gasteiger partial charge in [-0.05, 0) is 12.5 Å². The second kappa shape index (κ2) is 2.73. The molecule has 1 aliphatic rings. The zero-order valence-electron chi connectivity index (χ0n) is 7.31. The highest BCUT2D eigenvalue weighted by Gasteiger charge is 2.23. The SMILES string of the molecule is Cc1c[nH]c2c1C(=O)NCCC2=O. The minimum atomic E-state index is -0.153. The molecule has 0 bridgehead atoms. The molecule has 0 saturated carbocycles. The van der Waals surface area contributed by atoms with E-state index in [2.05, 4.69) is 10.3 Å². The monoisotopic (exact) mass is 178 g/mol. The molecule has 0 spiro atoms. The summed E-state index contributed by atoms with van der Waals surface area (Å²) in [6.07, 6.45) is 2.06. The van der Waals surface area contributed by atoms with Crippen molar-refractivity contribution in [1.29, 1.82) is 0 Å². The van der Waals surface area contributed by atoms with Gasteiger partial charge in [0.2, 0.25) is 0 Å². The van der Waals surface area contributed by atoms with Gasteiger partial charge in [-0.2, -0.15) is 0 Å². The molecule has 0 fully saturated rings. The second-order valence-corrected chi connectivity index (χ2v) is 3.15. The quantitative estimate of drug-likeness (QED) is 0.612. The molecule has 4 nitrogen and oxygen atoms in total. The van der Waals surface area contributed by atoms with E-state index >= 15 is 0 Å². The van der Waals surface area contributed by atoms with E-state index in [4.69, 9.17) is 0 Å². The maximum atomic E-state index is 11.4. The van der Waals surface area contributed by atoms with Crippen LogP contribution in [0.2, 0.25) is 0 Å². The summed E-state index contributed by atoms with van der Waals surface area (Å²) in [4.78, 5) is 25.7. The number of rotatable bonds is 0. The van der Waals surface area contributed by atoms with Crippen molar-refractivity contribution in [2.45, 2.75) is 13.3 Å². The molecule has 13 heavy (non-hydrogen) atoms. The van der Waals surface area contributed by atoms with Gasteiger partial charge >= 0.3 is 0 Å². The zero-order chi connectivity index (χ0) is 9.42. The average molecular weight is 178 g/mol. The fourth-order valence-corrected chi connectivity index (χ4v) is 1.54. The van der Waals surface area contributed by atoms with Gasteiger partial charge in [-0.15, -0.1) is 0 Å². The van der Waals surface area contributed by atoms with Gasteiger partial charge in [-0.3, -0.25) is 9.59 Å². The minimum Gasteiger partial charge on any atom is -0.358 e. The Kier molecular flexibility index (Phi) is 1.69. The van der Waals surface area contributed by atoms with E-state index in [9.17, 15) is 9.59 Å². The molecule has 2 heterocycles. The van der Waals surface area contributed by atoms with Crippen LogP contribution in [0.3, 0.4) is 0 Å². The molecule has 1 aromatic rings. The summed E-state index contributed by atoms with van der Waals surface area (Å²) in [5, 5.41) is 2.68. The van der Waals surface area contributed by atoms with Gasteiger partial charge in [0.25, 0.3) is 5.91 Å². The van der Waals surface area contributed by atoms with Gasteiger partial charge in [0.05, 0.1) is 11.3 Å². The lowest BCUT2D eigenvalue weighted by atomic mass is 10.1. The van der Waals surface area contributed by atoms with Crippen molar-refractivity contribution in [3.63, 3.8) is 0 Å². The van der Waals surface area contributed by atoms with Crippen LogP contribution in [0.5, 0.6) is 0 Å². The summed E-state index contributed by atoms with van der Waals surface area (Å²) in [6.45, 7) is 2.24. The molecule has 1 amide bonds. The van der Waals surface area contributed by atoms with Crippen LogP contribution in [0.1, 0.15) is 32.8 Å². The summed E-state index contributed by atoms with van der Waals surface area (Å²) in [5.74, 6) is -0.152. The molecule has 2 rings (SSSR count). The maximum Gasteiger partial charge on any atom is 0.253 e. The minimum absolute atomic E-state index is 0.00134. The molecule has 2 N–H and O–H groups in total. The van der Waals surface area contributed by atoms with Crippen molar-refractivity contribution in [3.8, 4) is 0 Å². The smallest absolute Gasteiger partial charge is 0.253 e. The van der Waals surface area contributed by atoms with E-state index in [1.54, 1.807) is 6.20 Å². The molecule has 0 radical (unpaired) electrons. The van der Waals surface area contributed by atoms with Crippen molar-refractivity contribution in [3.05, 3.63) is 23.0 Å². The number of H-pyrrole nitrogens is 1. The van der Waals surface area contributed by atoms with Crippen molar-refractivity contribution in [2.75, 3.05) is 6.54 Å². The van der Waals surface area contributed by atoms with Gasteiger partial charge in [0, 0.05) is 19.2 Å². The third kappa shape index (κ3) is 1.14. The lowest BCUT2D eigenvalue weighted by Crippen LogP contribution is -2.22. The molecule has 0 unspecified atom stereocenters. The van der Waals surface area contributed by atoms with E-state index in [0.717, 1.165) is 5.56 Å². The molecular formula is C9H10N2O2. The Balaban J connectivity index is 2.59. The van der Waals surface area contributed by atoms with Gasteiger partial charge in [-0.25, -0.2) is 0 Å². The van der Waals surface area contributed by atoms with E-state index in [-0.39, 0.29) is 11.7 Å². The second-order valence-electron chi connectivity index (χ2n) is 3.15. The number of amides is 1. The van der Waals surface area contributed by atoms with E-state index in [1.807, 2.05) is 6.92 Å². The van der Waals surface area contributed by atoms with Crippen molar-refractivity contribution >= 4 is 11.7 Å². The standard InChI is InChI=1S/C9H10N2O2/c1-5-4-11-8-6(12)2-3-10-9(13)7(5)8/h4,11H,2-3H2,1H3,(H,10,13). The number of ketones is 1. The van der Waals surface area contributed by atoms with Crippen LogP contribution in [-0.4, -0.2) is 23.2 Å². The fraction of sp³-hybridized carbons (Fsp3) is 0.333. The van der Waals surface area contributed by atoms with Crippen LogP contribution in [0.15, 0.2) is 6.20 Å². The normalized spacial score (nSPS) is 16.4. The maximum absolute atomic E-state index is 11.4. The first-order chi connectivity index (χ1) is 6.20. The molecule has 0 aliphatic carbocycles. The number of hydrogen-bond donors (Lipinski definition) is 2. The summed E-state index contributed by atoms with van der Waals surface area (Å²) >= 11 is 0. The van der Waals surface area contributed by atoms with Crippen molar-refractivity contribution in [1.82, 2.24) is 10.3 Å². The van der Waals surface area contributed by atoms with Gasteiger partial charge < -0.3 is 10.3 Å². The molecule has 1 aliphatic heterocycles. The van der Waals surface area contributed by atoms with E-state index in [0.29, 0.717) is 24.2 Å². The number of carbonyl (C=O) groups is 2. The Morgan fingerprint density at radius 3 is 2.92 bits per heavy atom. The van der Waals surface area contributed by atoms with E-state index < -0.39 is 0 Å². The molecule has 0 saturated heterocycles. The number of nitrogens with one attached hydrogen (secondary N) is 2. The molecule has 0 aromatic carbocycles. The van der Waals surface area contributed by atoms with Crippen LogP contribution < -0.4 is 5.32 Å². The van der Waals surface area contributed by atoms with Crippen molar-refractivity contribution < 1.29 is 9.59 Å². The summed E-state index contributed by atoms with van der Waals surface area (Å²) in [7, 11) is 0. The first-order valence-electron chi connectivity index (χ1n) is 4.19. The Hall–Kier alpha value is -1.58. The number of Topliss-reactive ketones (excluding diaryl/α,β-unsaturated/α-hetero) is 1. The highest BCUT2D eigenvalue weighted by Crippen LogP contribution is 2.16. The fourth-order valence-electron chi connectivity index (χ4n) is 1.54. The van der Waals surface area contributed by atoms with Gasteiger partial charge in [0.1, 0.15) is 0 Å². The lowest BCUT2D eigenvalue weighted by Gasteiger charge is -1.98. The topological polar surface area (TPSA) is 62.0 Å². The number of aryl methyl sites for hydroxylation is 1. The number of aromatic nitrogens is 1. The predicted octanol–water partition coefficient (Wildman–Crippen LogP) is 0.639. The molecule has 0 atom stereocenters. The Labute approximate surface area is 75.3 Å². The predicted molar refractivity (Wildman–Crippen MR) is 46.8 cm³/mol. The molecule has 68 valence electrons. The summed E-state index contributed by atoms with van der Waals surface area (Å²) < 4.78 is 0. The van der Waals surface area contributed by atoms with Crippen LogP contribution in [0.25, 0.3) is 0 Å². The Morgan fingerprint density at radius 2 is 2.15 bits per heavy atom. The molecule has 1 aromatic heterocycles. The lowest BCUT2D eigenvalue weighted by molar-refractivity contribution is 0.0956.